The second-order valence-electron chi connectivity index (χ2n) is 7.78. The van der Waals surface area contributed by atoms with Crippen molar-refractivity contribution >= 4 is 23.2 Å². The molecule has 0 bridgehead atoms. The molecule has 27 heavy (non-hydrogen) atoms. The quantitative estimate of drug-likeness (QED) is 0.779. The lowest BCUT2D eigenvalue weighted by Crippen LogP contribution is -2.48. The topological polar surface area (TPSA) is 66.0 Å². The lowest BCUT2D eigenvalue weighted by molar-refractivity contribution is -0.142. The minimum absolute atomic E-state index is 0.0605. The summed E-state index contributed by atoms with van der Waals surface area (Å²) >= 11 is 1.43. The number of amides is 2. The van der Waals surface area contributed by atoms with Crippen molar-refractivity contribution in [1.29, 1.82) is 0 Å². The summed E-state index contributed by atoms with van der Waals surface area (Å²) in [5.74, 6) is 0.0192. The Morgan fingerprint density at radius 3 is 2.70 bits per heavy atom. The molecule has 1 aliphatic carbocycles. The van der Waals surface area contributed by atoms with E-state index in [9.17, 15) is 9.59 Å². The first-order valence-corrected chi connectivity index (χ1v) is 10.8. The summed E-state index contributed by atoms with van der Waals surface area (Å²) in [5.41, 5.74) is 1.72. The van der Waals surface area contributed by atoms with Crippen LogP contribution in [0.3, 0.4) is 0 Å². The molecule has 0 unspecified atom stereocenters. The highest BCUT2D eigenvalue weighted by Crippen LogP contribution is 2.28. The monoisotopic (exact) mass is 392 g/mol. The van der Waals surface area contributed by atoms with Crippen LogP contribution in [0.2, 0.25) is 0 Å². The molecule has 2 amide bonds. The molecule has 7 nitrogen and oxygen atoms in total. The van der Waals surface area contributed by atoms with Crippen molar-refractivity contribution in [2.24, 2.45) is 0 Å². The Morgan fingerprint density at radius 2 is 2.04 bits per heavy atom. The maximum atomic E-state index is 13.2. The van der Waals surface area contributed by atoms with E-state index in [4.69, 9.17) is 4.74 Å². The molecule has 0 aromatic carbocycles. The average Bonchev–Trinajstić information content (AvgIpc) is 3.19. The number of ether oxygens (including phenoxy) is 1. The molecule has 1 saturated carbocycles. The van der Waals surface area contributed by atoms with Gasteiger partial charge in [-0.15, -0.1) is 0 Å². The van der Waals surface area contributed by atoms with Crippen LogP contribution < -0.4 is 4.74 Å². The summed E-state index contributed by atoms with van der Waals surface area (Å²) in [4.78, 5) is 35.6. The van der Waals surface area contributed by atoms with E-state index >= 15 is 0 Å². The van der Waals surface area contributed by atoms with Crippen LogP contribution in [-0.4, -0.2) is 82.4 Å². The van der Waals surface area contributed by atoms with Crippen LogP contribution >= 0.6 is 11.3 Å². The number of thiazole rings is 1. The van der Waals surface area contributed by atoms with Gasteiger partial charge >= 0.3 is 0 Å². The molecule has 1 aromatic rings. The van der Waals surface area contributed by atoms with Gasteiger partial charge in [0.2, 0.25) is 11.8 Å². The first kappa shape index (κ1) is 18.7. The van der Waals surface area contributed by atoms with Crippen LogP contribution in [0.5, 0.6) is 5.06 Å². The predicted octanol–water partition coefficient (Wildman–Crippen LogP) is 1.60. The van der Waals surface area contributed by atoms with Crippen LogP contribution in [0.1, 0.15) is 39.0 Å². The van der Waals surface area contributed by atoms with E-state index in [1.807, 2.05) is 4.90 Å². The number of nitrogens with zero attached hydrogens (tertiary/aromatic N) is 4. The Bertz CT molecular complexity index is 664. The fourth-order valence-electron chi connectivity index (χ4n) is 4.38. The van der Waals surface area contributed by atoms with Crippen molar-refractivity contribution < 1.29 is 14.3 Å². The Kier molecular flexibility index (Phi) is 5.63. The molecule has 2 aliphatic heterocycles. The summed E-state index contributed by atoms with van der Waals surface area (Å²) in [5, 5.41) is 0.738. The number of carbonyl (C=O) groups excluding carboxylic acids is 2. The predicted molar refractivity (Wildman–Crippen MR) is 103 cm³/mol. The summed E-state index contributed by atoms with van der Waals surface area (Å²) in [6.07, 6.45) is 7.02. The van der Waals surface area contributed by atoms with Gasteiger partial charge in [-0.3, -0.25) is 14.5 Å². The minimum atomic E-state index is -0.407. The van der Waals surface area contributed by atoms with Gasteiger partial charge in [0, 0.05) is 45.6 Å². The standard InChI is InChI=1S/C19H28N4O3S/c1-14(24)23-12-16(26-18-11-20-13-27-18)10-17(23)19(25)22-7-3-6-21(8-9-22)15-4-2-5-15/h11,13,15-17H,2-10,12H2,1H3/t16-,17+/m0/s1. The molecular weight excluding hydrogens is 364 g/mol. The van der Waals surface area contributed by atoms with Gasteiger partial charge in [0.15, 0.2) is 5.06 Å². The number of hydrogen-bond acceptors (Lipinski definition) is 6. The van der Waals surface area contributed by atoms with E-state index in [1.165, 1.54) is 37.5 Å². The fraction of sp³-hybridized carbons (Fsp3) is 0.737. The van der Waals surface area contributed by atoms with Crippen molar-refractivity contribution in [3.63, 3.8) is 0 Å². The third-order valence-electron chi connectivity index (χ3n) is 6.08. The molecule has 0 N–H and O–H groups in total. The van der Waals surface area contributed by atoms with Gasteiger partial charge in [0.25, 0.3) is 0 Å². The first-order chi connectivity index (χ1) is 13.1. The first-order valence-electron chi connectivity index (χ1n) is 9.97. The van der Waals surface area contributed by atoms with Gasteiger partial charge in [-0.2, -0.15) is 0 Å². The van der Waals surface area contributed by atoms with Gasteiger partial charge in [-0.1, -0.05) is 17.8 Å². The van der Waals surface area contributed by atoms with Crippen molar-refractivity contribution in [3.05, 3.63) is 11.7 Å². The zero-order valence-corrected chi connectivity index (χ0v) is 16.7. The normalized spacial score (nSPS) is 27.3. The number of hydrogen-bond donors (Lipinski definition) is 0. The molecule has 4 rings (SSSR count). The molecule has 8 heteroatoms. The SMILES string of the molecule is CC(=O)N1C[C@@H](Oc2cncs2)C[C@@H]1C(=O)N1CCCN(C2CCC2)CC1. The summed E-state index contributed by atoms with van der Waals surface area (Å²) in [6.45, 7) is 5.57. The molecule has 2 atom stereocenters. The maximum Gasteiger partial charge on any atom is 0.245 e. The highest BCUT2D eigenvalue weighted by Gasteiger charge is 2.42. The molecule has 0 spiro atoms. The van der Waals surface area contributed by atoms with Gasteiger partial charge in [-0.25, -0.2) is 4.98 Å². The molecule has 0 radical (unpaired) electrons. The molecule has 148 valence electrons. The maximum absolute atomic E-state index is 13.2. The summed E-state index contributed by atoms with van der Waals surface area (Å²) in [7, 11) is 0. The molecule has 3 heterocycles. The van der Waals surface area contributed by atoms with E-state index < -0.39 is 6.04 Å². The Hall–Kier alpha value is -1.67. The second kappa shape index (κ2) is 8.14. The molecular formula is C19H28N4O3S. The largest absolute Gasteiger partial charge is 0.477 e. The van der Waals surface area contributed by atoms with E-state index in [2.05, 4.69) is 9.88 Å². The Labute approximate surface area is 164 Å². The van der Waals surface area contributed by atoms with Crippen LogP contribution in [0, 0.1) is 0 Å². The van der Waals surface area contributed by atoms with E-state index in [-0.39, 0.29) is 17.9 Å². The minimum Gasteiger partial charge on any atom is -0.477 e. The van der Waals surface area contributed by atoms with Crippen LogP contribution in [-0.2, 0) is 9.59 Å². The lowest BCUT2D eigenvalue weighted by atomic mass is 9.91. The average molecular weight is 393 g/mol. The number of carbonyl (C=O) groups is 2. The van der Waals surface area contributed by atoms with Crippen molar-refractivity contribution in [2.45, 2.75) is 57.2 Å². The van der Waals surface area contributed by atoms with E-state index in [0.717, 1.165) is 43.7 Å². The van der Waals surface area contributed by atoms with Crippen LogP contribution in [0.15, 0.2) is 11.7 Å². The highest BCUT2D eigenvalue weighted by atomic mass is 32.1. The number of likely N-dealkylation sites (tertiary alicyclic amines) is 1. The van der Waals surface area contributed by atoms with Crippen molar-refractivity contribution in [2.75, 3.05) is 32.7 Å². The number of rotatable bonds is 4. The smallest absolute Gasteiger partial charge is 0.245 e. The van der Waals surface area contributed by atoms with Gasteiger partial charge in [0.05, 0.1) is 18.3 Å². The third-order valence-corrected chi connectivity index (χ3v) is 6.74. The lowest BCUT2D eigenvalue weighted by Gasteiger charge is -2.36. The van der Waals surface area contributed by atoms with Crippen LogP contribution in [0.25, 0.3) is 0 Å². The second-order valence-corrected chi connectivity index (χ2v) is 8.63. The summed E-state index contributed by atoms with van der Waals surface area (Å²) < 4.78 is 5.94. The molecule has 1 aromatic heterocycles. The summed E-state index contributed by atoms with van der Waals surface area (Å²) in [6, 6.07) is 0.313. The van der Waals surface area contributed by atoms with E-state index in [1.54, 1.807) is 16.6 Å². The highest BCUT2D eigenvalue weighted by molar-refractivity contribution is 7.11. The van der Waals surface area contributed by atoms with Crippen molar-refractivity contribution in [3.8, 4) is 5.06 Å². The number of aromatic nitrogens is 1. The van der Waals surface area contributed by atoms with Gasteiger partial charge in [-0.05, 0) is 19.3 Å². The molecule has 3 aliphatic rings. The Morgan fingerprint density at radius 1 is 1.19 bits per heavy atom. The van der Waals surface area contributed by atoms with E-state index in [0.29, 0.717) is 13.0 Å². The zero-order valence-electron chi connectivity index (χ0n) is 15.9. The Balaban J connectivity index is 1.39. The van der Waals surface area contributed by atoms with Gasteiger partial charge in [0.1, 0.15) is 12.1 Å². The molecule has 3 fully saturated rings. The molecule has 2 saturated heterocycles. The van der Waals surface area contributed by atoms with Crippen LogP contribution in [0.4, 0.5) is 0 Å². The van der Waals surface area contributed by atoms with Crippen molar-refractivity contribution in [1.82, 2.24) is 19.7 Å². The zero-order chi connectivity index (χ0) is 18.8. The van der Waals surface area contributed by atoms with Gasteiger partial charge < -0.3 is 14.5 Å². The fourth-order valence-corrected chi connectivity index (χ4v) is 4.92. The third kappa shape index (κ3) is 4.11.